The highest BCUT2D eigenvalue weighted by atomic mass is 16.5. The lowest BCUT2D eigenvalue weighted by molar-refractivity contribution is -0.148. The number of aliphatic carboxylic acids is 1. The molecule has 1 aromatic carbocycles. The molecular weight excluding hydrogens is 242 g/mol. The van der Waals surface area contributed by atoms with Crippen molar-refractivity contribution in [3.8, 4) is 0 Å². The fraction of sp³-hybridized carbons (Fsp3) is 0.400. The third-order valence-electron chi connectivity index (χ3n) is 4.01. The molecule has 1 atom stereocenters. The molecule has 0 spiro atoms. The van der Waals surface area contributed by atoms with E-state index in [2.05, 4.69) is 11.1 Å². The number of carboxylic acid groups (broad SMARTS) is 1. The topological polar surface area (TPSA) is 62.3 Å². The van der Waals surface area contributed by atoms with Crippen LogP contribution in [0.1, 0.15) is 31.0 Å². The molecule has 1 aliphatic rings. The van der Waals surface area contributed by atoms with Crippen LogP contribution >= 0.6 is 0 Å². The molecule has 100 valence electrons. The molecule has 1 aromatic heterocycles. The number of ether oxygens (including phenoxy) is 1. The van der Waals surface area contributed by atoms with Gasteiger partial charge in [-0.3, -0.25) is 4.79 Å². The SMILES string of the molecule is CC[C@]1(CC(=O)O)OCCc2c1[nH]c1ccccc21. The summed E-state index contributed by atoms with van der Waals surface area (Å²) in [5, 5.41) is 10.4. The number of hydrogen-bond donors (Lipinski definition) is 2. The third kappa shape index (κ3) is 1.83. The van der Waals surface area contributed by atoms with Crippen molar-refractivity contribution in [1.29, 1.82) is 0 Å². The molecule has 19 heavy (non-hydrogen) atoms. The number of carboxylic acids is 1. The fourth-order valence-electron chi connectivity index (χ4n) is 3.06. The molecule has 0 saturated carbocycles. The summed E-state index contributed by atoms with van der Waals surface area (Å²) in [6.45, 7) is 2.56. The Morgan fingerprint density at radius 1 is 1.47 bits per heavy atom. The molecular formula is C15H17NO3. The van der Waals surface area contributed by atoms with Crippen LogP contribution in [0.3, 0.4) is 0 Å². The van der Waals surface area contributed by atoms with Crippen molar-refractivity contribution in [3.63, 3.8) is 0 Å². The van der Waals surface area contributed by atoms with Gasteiger partial charge < -0.3 is 14.8 Å². The fourth-order valence-corrected chi connectivity index (χ4v) is 3.06. The molecule has 2 N–H and O–H groups in total. The lowest BCUT2D eigenvalue weighted by Gasteiger charge is -2.35. The molecule has 1 aliphatic heterocycles. The molecule has 0 amide bonds. The summed E-state index contributed by atoms with van der Waals surface area (Å²) in [7, 11) is 0. The molecule has 0 aliphatic carbocycles. The number of benzene rings is 1. The largest absolute Gasteiger partial charge is 0.481 e. The predicted molar refractivity (Wildman–Crippen MR) is 72.2 cm³/mol. The number of nitrogens with one attached hydrogen (secondary N) is 1. The molecule has 4 nitrogen and oxygen atoms in total. The highest BCUT2D eigenvalue weighted by molar-refractivity contribution is 5.85. The van der Waals surface area contributed by atoms with Crippen molar-refractivity contribution in [2.24, 2.45) is 0 Å². The third-order valence-corrected chi connectivity index (χ3v) is 4.01. The van der Waals surface area contributed by atoms with Crippen LogP contribution in [-0.4, -0.2) is 22.7 Å². The Kier molecular flexibility index (Phi) is 2.82. The molecule has 3 rings (SSSR count). The summed E-state index contributed by atoms with van der Waals surface area (Å²) < 4.78 is 5.87. The Hall–Kier alpha value is -1.81. The minimum Gasteiger partial charge on any atom is -0.481 e. The number of hydrogen-bond acceptors (Lipinski definition) is 2. The van der Waals surface area contributed by atoms with Gasteiger partial charge in [0.2, 0.25) is 0 Å². The number of H-pyrrole nitrogens is 1. The average molecular weight is 259 g/mol. The first-order valence-electron chi connectivity index (χ1n) is 6.62. The maximum absolute atomic E-state index is 11.2. The molecule has 2 heterocycles. The number of aromatic amines is 1. The van der Waals surface area contributed by atoms with E-state index in [0.29, 0.717) is 13.0 Å². The van der Waals surface area contributed by atoms with Crippen LogP contribution in [0.25, 0.3) is 10.9 Å². The van der Waals surface area contributed by atoms with E-state index >= 15 is 0 Å². The predicted octanol–water partition coefficient (Wildman–Crippen LogP) is 2.82. The van der Waals surface area contributed by atoms with Crippen LogP contribution in [0.4, 0.5) is 0 Å². The normalized spacial score (nSPS) is 22.4. The van der Waals surface area contributed by atoms with Gasteiger partial charge in [0.05, 0.1) is 18.7 Å². The highest BCUT2D eigenvalue weighted by Gasteiger charge is 2.40. The molecule has 2 aromatic rings. The van der Waals surface area contributed by atoms with Crippen molar-refractivity contribution in [1.82, 2.24) is 4.98 Å². The van der Waals surface area contributed by atoms with Crippen LogP contribution in [0.15, 0.2) is 24.3 Å². The van der Waals surface area contributed by atoms with E-state index in [9.17, 15) is 4.79 Å². The second-order valence-corrected chi connectivity index (χ2v) is 5.04. The van der Waals surface area contributed by atoms with Gasteiger partial charge in [-0.1, -0.05) is 25.1 Å². The summed E-state index contributed by atoms with van der Waals surface area (Å²) in [6, 6.07) is 8.10. The molecule has 0 unspecified atom stereocenters. The van der Waals surface area contributed by atoms with Gasteiger partial charge in [-0.05, 0) is 24.5 Å². The maximum Gasteiger partial charge on any atom is 0.306 e. The van der Waals surface area contributed by atoms with Crippen molar-refractivity contribution in [2.45, 2.75) is 31.8 Å². The van der Waals surface area contributed by atoms with Gasteiger partial charge in [-0.15, -0.1) is 0 Å². The van der Waals surface area contributed by atoms with E-state index < -0.39 is 11.6 Å². The Bertz CT molecular complexity index is 631. The van der Waals surface area contributed by atoms with Gasteiger partial charge in [-0.2, -0.15) is 0 Å². The van der Waals surface area contributed by atoms with Crippen molar-refractivity contribution in [3.05, 3.63) is 35.5 Å². The Labute approximate surface area is 111 Å². The second kappa shape index (κ2) is 4.38. The Morgan fingerprint density at radius 3 is 3.00 bits per heavy atom. The van der Waals surface area contributed by atoms with Gasteiger partial charge in [0, 0.05) is 10.9 Å². The van der Waals surface area contributed by atoms with Gasteiger partial charge in [0.25, 0.3) is 0 Å². The van der Waals surface area contributed by atoms with Crippen LogP contribution in [-0.2, 0) is 21.6 Å². The van der Waals surface area contributed by atoms with Gasteiger partial charge in [-0.25, -0.2) is 0 Å². The van der Waals surface area contributed by atoms with E-state index in [1.165, 1.54) is 10.9 Å². The van der Waals surface area contributed by atoms with Crippen molar-refractivity contribution >= 4 is 16.9 Å². The smallest absolute Gasteiger partial charge is 0.306 e. The van der Waals surface area contributed by atoms with E-state index in [0.717, 1.165) is 17.6 Å². The summed E-state index contributed by atoms with van der Waals surface area (Å²) >= 11 is 0. The lowest BCUT2D eigenvalue weighted by Crippen LogP contribution is -2.37. The van der Waals surface area contributed by atoms with Crippen LogP contribution in [0.5, 0.6) is 0 Å². The highest BCUT2D eigenvalue weighted by Crippen LogP contribution is 2.41. The first-order valence-corrected chi connectivity index (χ1v) is 6.62. The Morgan fingerprint density at radius 2 is 2.26 bits per heavy atom. The minimum atomic E-state index is -0.826. The second-order valence-electron chi connectivity index (χ2n) is 5.04. The van der Waals surface area contributed by atoms with Crippen molar-refractivity contribution in [2.75, 3.05) is 6.61 Å². The summed E-state index contributed by atoms with van der Waals surface area (Å²) in [5.41, 5.74) is 2.51. The number of para-hydroxylation sites is 1. The number of fused-ring (bicyclic) bond motifs is 3. The monoisotopic (exact) mass is 259 g/mol. The maximum atomic E-state index is 11.2. The number of aromatic nitrogens is 1. The van der Waals surface area contributed by atoms with Gasteiger partial charge in [0.15, 0.2) is 0 Å². The first-order chi connectivity index (χ1) is 9.16. The first kappa shape index (κ1) is 12.2. The summed E-state index contributed by atoms with van der Waals surface area (Å²) in [5.74, 6) is -0.826. The average Bonchev–Trinajstić information content (AvgIpc) is 2.78. The van der Waals surface area contributed by atoms with Crippen LogP contribution in [0.2, 0.25) is 0 Å². The Balaban J connectivity index is 2.20. The van der Waals surface area contributed by atoms with Crippen molar-refractivity contribution < 1.29 is 14.6 Å². The molecule has 4 heteroatoms. The zero-order valence-corrected chi connectivity index (χ0v) is 10.9. The summed E-state index contributed by atoms with van der Waals surface area (Å²) in [6.07, 6.45) is 1.49. The molecule has 0 radical (unpaired) electrons. The van der Waals surface area contributed by atoms with Gasteiger partial charge >= 0.3 is 5.97 Å². The van der Waals surface area contributed by atoms with E-state index in [1.54, 1.807) is 0 Å². The number of rotatable bonds is 3. The van der Waals surface area contributed by atoms with Crippen LogP contribution in [0, 0.1) is 0 Å². The standard InChI is InChI=1S/C15H17NO3/c1-2-15(9-13(17)18)14-11(7-8-19-15)10-5-3-4-6-12(10)16-14/h3-6,16H,2,7-9H2,1H3,(H,17,18)/t15-/m1/s1. The molecule has 0 fully saturated rings. The van der Waals surface area contributed by atoms with E-state index in [1.807, 2.05) is 25.1 Å². The molecule has 0 bridgehead atoms. The quantitative estimate of drug-likeness (QED) is 0.891. The zero-order valence-electron chi connectivity index (χ0n) is 10.9. The zero-order chi connectivity index (χ0) is 13.5. The minimum absolute atomic E-state index is 0.00330. The lowest BCUT2D eigenvalue weighted by atomic mass is 9.86. The number of carbonyl (C=O) groups is 1. The van der Waals surface area contributed by atoms with E-state index in [-0.39, 0.29) is 6.42 Å². The van der Waals surface area contributed by atoms with Gasteiger partial charge in [0.1, 0.15) is 5.60 Å². The van der Waals surface area contributed by atoms with E-state index in [4.69, 9.17) is 9.84 Å². The molecule has 0 saturated heterocycles. The van der Waals surface area contributed by atoms with Crippen LogP contribution < -0.4 is 0 Å². The summed E-state index contributed by atoms with van der Waals surface area (Å²) in [4.78, 5) is 14.5.